The molecular formula is C12H20N4S. The second-order valence-electron chi connectivity index (χ2n) is 5.25. The molecule has 94 valence electrons. The molecule has 1 aromatic rings. The fourth-order valence-electron chi connectivity index (χ4n) is 3.15. The molecule has 2 fully saturated rings. The van der Waals surface area contributed by atoms with E-state index in [1.807, 2.05) is 0 Å². The molecule has 2 bridgehead atoms. The molecule has 0 aliphatic carbocycles. The highest BCUT2D eigenvalue weighted by Crippen LogP contribution is 2.29. The number of nitrogens with zero attached hydrogens (tertiary/aromatic N) is 3. The smallest absolute Gasteiger partial charge is 0.180 e. The Balaban J connectivity index is 1.65. The van der Waals surface area contributed by atoms with E-state index in [4.69, 9.17) is 5.73 Å². The van der Waals surface area contributed by atoms with E-state index in [9.17, 15) is 0 Å². The van der Waals surface area contributed by atoms with Gasteiger partial charge in [0, 0.05) is 37.1 Å². The molecule has 2 aliphatic heterocycles. The first-order valence-corrected chi connectivity index (χ1v) is 7.24. The zero-order valence-corrected chi connectivity index (χ0v) is 11.1. The monoisotopic (exact) mass is 252 g/mol. The molecule has 2 saturated heterocycles. The third-order valence-corrected chi connectivity index (χ3v) is 4.91. The normalized spacial score (nSPS) is 30.6. The van der Waals surface area contributed by atoms with Crippen molar-refractivity contribution in [3.05, 3.63) is 11.1 Å². The average molecular weight is 252 g/mol. The van der Waals surface area contributed by atoms with Gasteiger partial charge in [-0.25, -0.2) is 4.98 Å². The first-order valence-electron chi connectivity index (χ1n) is 6.36. The Hall–Kier alpha value is -0.650. The van der Waals surface area contributed by atoms with Crippen molar-refractivity contribution in [3.8, 4) is 0 Å². The number of rotatable bonds is 2. The molecule has 4 nitrogen and oxygen atoms in total. The van der Waals surface area contributed by atoms with Gasteiger partial charge in [-0.3, -0.25) is 9.80 Å². The number of thiazole rings is 1. The first-order chi connectivity index (χ1) is 8.22. The summed E-state index contributed by atoms with van der Waals surface area (Å²) in [5.41, 5.74) is 6.81. The van der Waals surface area contributed by atoms with Crippen molar-refractivity contribution in [3.63, 3.8) is 0 Å². The summed E-state index contributed by atoms with van der Waals surface area (Å²) >= 11 is 1.54. The van der Waals surface area contributed by atoms with E-state index in [0.29, 0.717) is 5.13 Å². The molecule has 0 radical (unpaired) electrons. The van der Waals surface area contributed by atoms with Gasteiger partial charge in [0.2, 0.25) is 0 Å². The number of anilines is 1. The zero-order chi connectivity index (χ0) is 11.8. The highest BCUT2D eigenvalue weighted by atomic mass is 32.1. The van der Waals surface area contributed by atoms with Crippen molar-refractivity contribution >= 4 is 16.5 Å². The van der Waals surface area contributed by atoms with Gasteiger partial charge in [-0.05, 0) is 26.3 Å². The van der Waals surface area contributed by atoms with Crippen LogP contribution in [0, 0.1) is 0 Å². The molecule has 0 amide bonds. The molecule has 2 aliphatic rings. The summed E-state index contributed by atoms with van der Waals surface area (Å²) in [5.74, 6) is 0. The Kier molecular flexibility index (Phi) is 3.06. The molecule has 3 heterocycles. The topological polar surface area (TPSA) is 45.4 Å². The Bertz CT molecular complexity index is 392. The summed E-state index contributed by atoms with van der Waals surface area (Å²) in [4.78, 5) is 9.47. The minimum absolute atomic E-state index is 0.688. The average Bonchev–Trinajstić information content (AvgIpc) is 2.77. The summed E-state index contributed by atoms with van der Waals surface area (Å²) in [6.45, 7) is 3.35. The highest BCUT2D eigenvalue weighted by Gasteiger charge is 2.34. The Morgan fingerprint density at radius 1 is 1.41 bits per heavy atom. The Morgan fingerprint density at radius 3 is 3.00 bits per heavy atom. The number of fused-ring (bicyclic) bond motifs is 2. The summed E-state index contributed by atoms with van der Waals surface area (Å²) in [5, 5.41) is 2.77. The van der Waals surface area contributed by atoms with Crippen molar-refractivity contribution in [1.29, 1.82) is 0 Å². The Morgan fingerprint density at radius 2 is 2.24 bits per heavy atom. The van der Waals surface area contributed by atoms with E-state index in [1.54, 1.807) is 11.3 Å². The van der Waals surface area contributed by atoms with Crippen LogP contribution in [0.25, 0.3) is 0 Å². The molecule has 0 aromatic carbocycles. The lowest BCUT2D eigenvalue weighted by Crippen LogP contribution is -2.36. The molecule has 2 unspecified atom stereocenters. The molecule has 0 spiro atoms. The lowest BCUT2D eigenvalue weighted by atomic mass is 10.1. The van der Waals surface area contributed by atoms with E-state index < -0.39 is 0 Å². The lowest BCUT2D eigenvalue weighted by molar-refractivity contribution is 0.213. The van der Waals surface area contributed by atoms with Crippen LogP contribution in [-0.4, -0.2) is 47.0 Å². The summed E-state index contributed by atoms with van der Waals surface area (Å²) < 4.78 is 0. The van der Waals surface area contributed by atoms with E-state index in [1.165, 1.54) is 32.4 Å². The number of nitrogens with two attached hydrogens (primary N) is 1. The second-order valence-corrected chi connectivity index (χ2v) is 6.14. The number of hydrogen-bond donors (Lipinski definition) is 1. The van der Waals surface area contributed by atoms with Crippen LogP contribution < -0.4 is 5.73 Å². The van der Waals surface area contributed by atoms with Crippen LogP contribution in [0.5, 0.6) is 0 Å². The quantitative estimate of drug-likeness (QED) is 0.864. The molecule has 2 N–H and O–H groups in total. The maximum absolute atomic E-state index is 5.68. The molecular weight excluding hydrogens is 232 g/mol. The van der Waals surface area contributed by atoms with Crippen LogP contribution in [0.2, 0.25) is 0 Å². The highest BCUT2D eigenvalue weighted by molar-refractivity contribution is 7.13. The first kappa shape index (κ1) is 11.4. The standard InChI is InChI=1S/C12H20N4S/c1-15-10-2-3-11(15)7-16(5-4-10)6-9-8-17-12(13)14-9/h8,10-11H,2-7H2,1H3,(H2,13,14). The van der Waals surface area contributed by atoms with Crippen LogP contribution in [0.3, 0.4) is 0 Å². The molecule has 3 rings (SSSR count). The van der Waals surface area contributed by atoms with Gasteiger partial charge in [-0.1, -0.05) is 0 Å². The summed E-state index contributed by atoms with van der Waals surface area (Å²) in [7, 11) is 2.28. The SMILES string of the molecule is CN1C2CCC1CN(Cc1csc(N)n1)CC2. The third kappa shape index (κ3) is 2.32. The van der Waals surface area contributed by atoms with Crippen molar-refractivity contribution in [2.45, 2.75) is 37.9 Å². The maximum Gasteiger partial charge on any atom is 0.180 e. The van der Waals surface area contributed by atoms with Gasteiger partial charge in [0.1, 0.15) is 0 Å². The van der Waals surface area contributed by atoms with Gasteiger partial charge in [0.25, 0.3) is 0 Å². The zero-order valence-electron chi connectivity index (χ0n) is 10.3. The second kappa shape index (κ2) is 4.55. The fourth-order valence-corrected chi connectivity index (χ4v) is 3.70. The van der Waals surface area contributed by atoms with E-state index in [2.05, 4.69) is 27.2 Å². The van der Waals surface area contributed by atoms with Crippen LogP contribution in [0.1, 0.15) is 25.0 Å². The van der Waals surface area contributed by atoms with Gasteiger partial charge < -0.3 is 5.73 Å². The summed E-state index contributed by atoms with van der Waals surface area (Å²) in [6, 6.07) is 1.56. The van der Waals surface area contributed by atoms with E-state index in [-0.39, 0.29) is 0 Å². The van der Waals surface area contributed by atoms with Crippen molar-refractivity contribution in [1.82, 2.24) is 14.8 Å². The van der Waals surface area contributed by atoms with Crippen molar-refractivity contribution in [2.24, 2.45) is 0 Å². The number of aromatic nitrogens is 1. The van der Waals surface area contributed by atoms with Crippen LogP contribution in [0.15, 0.2) is 5.38 Å². The van der Waals surface area contributed by atoms with Crippen molar-refractivity contribution in [2.75, 3.05) is 25.9 Å². The van der Waals surface area contributed by atoms with Crippen molar-refractivity contribution < 1.29 is 0 Å². The molecule has 0 saturated carbocycles. The Labute approximate surface area is 106 Å². The third-order valence-electron chi connectivity index (χ3n) is 4.19. The lowest BCUT2D eigenvalue weighted by Gasteiger charge is -2.24. The minimum atomic E-state index is 0.688. The molecule has 5 heteroatoms. The largest absolute Gasteiger partial charge is 0.375 e. The fraction of sp³-hybridized carbons (Fsp3) is 0.750. The minimum Gasteiger partial charge on any atom is -0.375 e. The van der Waals surface area contributed by atoms with Crippen LogP contribution in [0.4, 0.5) is 5.13 Å². The van der Waals surface area contributed by atoms with Gasteiger partial charge in [-0.15, -0.1) is 11.3 Å². The predicted octanol–water partition coefficient (Wildman–Crippen LogP) is 1.39. The van der Waals surface area contributed by atoms with Gasteiger partial charge >= 0.3 is 0 Å². The van der Waals surface area contributed by atoms with E-state index >= 15 is 0 Å². The number of likely N-dealkylation sites (tertiary alicyclic amines) is 1. The number of likely N-dealkylation sites (N-methyl/N-ethyl adjacent to an activating group) is 1. The molecule has 2 atom stereocenters. The van der Waals surface area contributed by atoms with Gasteiger partial charge in [0.05, 0.1) is 5.69 Å². The van der Waals surface area contributed by atoms with Gasteiger partial charge in [-0.2, -0.15) is 0 Å². The van der Waals surface area contributed by atoms with Crippen LogP contribution in [-0.2, 0) is 6.54 Å². The molecule has 1 aromatic heterocycles. The predicted molar refractivity (Wildman–Crippen MR) is 71.0 cm³/mol. The number of hydrogen-bond acceptors (Lipinski definition) is 5. The summed E-state index contributed by atoms with van der Waals surface area (Å²) in [6.07, 6.45) is 4.04. The van der Waals surface area contributed by atoms with Crippen LogP contribution >= 0.6 is 11.3 Å². The van der Waals surface area contributed by atoms with Gasteiger partial charge in [0.15, 0.2) is 5.13 Å². The maximum atomic E-state index is 5.68. The molecule has 17 heavy (non-hydrogen) atoms. The van der Waals surface area contributed by atoms with E-state index in [0.717, 1.165) is 24.3 Å². The number of nitrogen functional groups attached to an aromatic ring is 1.